The number of carboxylic acids is 3. The van der Waals surface area contributed by atoms with Gasteiger partial charge in [0.05, 0.1) is 29.4 Å². The van der Waals surface area contributed by atoms with E-state index in [0.717, 1.165) is 37.4 Å². The number of carbonyl (C=O) groups excluding carboxylic acids is 5. The van der Waals surface area contributed by atoms with Gasteiger partial charge < -0.3 is 50.1 Å². The number of esters is 3. The summed E-state index contributed by atoms with van der Waals surface area (Å²) in [6.45, 7) is 57.7. The van der Waals surface area contributed by atoms with Gasteiger partial charge in [0.2, 0.25) is 5.91 Å². The van der Waals surface area contributed by atoms with Gasteiger partial charge in [0.25, 0.3) is 0 Å². The first-order valence-corrected chi connectivity index (χ1v) is 38.6. The third-order valence-corrected chi connectivity index (χ3v) is 24.1. The first-order valence-electron chi connectivity index (χ1n) is 37.6. The minimum Gasteiger partial charge on any atom is -0.481 e. The first kappa shape index (κ1) is 92.2. The van der Waals surface area contributed by atoms with Gasteiger partial charge in [-0.1, -0.05) is 166 Å². The van der Waals surface area contributed by atoms with Gasteiger partial charge in [-0.2, -0.15) is 0 Å². The maximum atomic E-state index is 15.9. The average Bonchev–Trinajstić information content (AvgIpc) is 1.73. The Hall–Kier alpha value is -4.84. The van der Waals surface area contributed by atoms with E-state index in [9.17, 15) is 29.4 Å². The summed E-state index contributed by atoms with van der Waals surface area (Å²) >= 11 is 1.04. The second-order valence-electron chi connectivity index (χ2n) is 35.8. The number of amides is 2. The molecule has 0 saturated heterocycles. The molecule has 0 aromatic carbocycles. The molecule has 1 aromatic rings. The van der Waals surface area contributed by atoms with Crippen molar-refractivity contribution in [1.82, 2.24) is 4.98 Å². The van der Waals surface area contributed by atoms with E-state index in [1.165, 1.54) is 0 Å². The Morgan fingerprint density at radius 3 is 1.42 bits per heavy atom. The van der Waals surface area contributed by atoms with Gasteiger partial charge in [0, 0.05) is 59.7 Å². The summed E-state index contributed by atoms with van der Waals surface area (Å²) in [5.74, 6) is -5.04. The Morgan fingerprint density at radius 1 is 0.614 bits per heavy atom. The van der Waals surface area contributed by atoms with Crippen LogP contribution in [-0.2, 0) is 67.3 Å². The standard InChI is InChI=1S/C75H124N4O12S.C6H12O2.Zn/c1-26-73(24,25)68(88)89-35-31-33-74(27-2,28-3)66(86)78-61-57(64(84)90-59-47(69(12,13)14)37-45(10)38-48(59)70(15,16)17)55(43(6)7)51(76-61)41-52-56(44(8)9)58(65(85)91-60-49(71(18,19)20)39-46(11)40-50(60)72(21,22)23)62(77-52)79-67(87)75(29-4,30-5)34-32-36-92-53(63(82)83)42-54(80)81;1-4-6(2,3)5(7)8;/h41,43-50,53,59-60H,26-40,42H2,1-25H3,(H5,76,77,78,79,80,81,82,83,84,85,86,87);4H2,1-3H3,(H,7,8);/p-1. The summed E-state index contributed by atoms with van der Waals surface area (Å²) in [4.78, 5) is 118. The summed E-state index contributed by atoms with van der Waals surface area (Å²) in [6.07, 6.45) is 8.25. The molecule has 2 saturated carbocycles. The third-order valence-electron chi connectivity index (χ3n) is 22.8. The number of hydrogen-bond donors (Lipinski definition) is 5. The zero-order valence-corrected chi connectivity index (χ0v) is 71.6. The van der Waals surface area contributed by atoms with E-state index >= 15 is 19.2 Å². The summed E-state index contributed by atoms with van der Waals surface area (Å²) in [5.41, 5.74) is -2.01. The fraction of sp³-hybridized carbons (Fsp3) is 0.790. The number of aromatic nitrogens is 1. The van der Waals surface area contributed by atoms with Crippen LogP contribution >= 0.6 is 11.8 Å². The van der Waals surface area contributed by atoms with E-state index in [1.807, 2.05) is 83.1 Å². The third kappa shape index (κ3) is 24.1. The molecule has 20 heteroatoms. The van der Waals surface area contributed by atoms with Crippen LogP contribution in [-0.4, -0.2) is 104 Å². The molecule has 5 N–H and O–H groups in total. The van der Waals surface area contributed by atoms with E-state index in [4.69, 9.17) is 29.6 Å². The number of thioether (sulfide) groups is 1. The van der Waals surface area contributed by atoms with Crippen molar-refractivity contribution in [2.75, 3.05) is 17.7 Å². The van der Waals surface area contributed by atoms with Gasteiger partial charge in [-0.25, -0.2) is 9.59 Å². The van der Waals surface area contributed by atoms with Crippen molar-refractivity contribution in [3.8, 4) is 0 Å². The smallest absolute Gasteiger partial charge is 0.342 e. The molecule has 4 rings (SSSR count). The van der Waals surface area contributed by atoms with Gasteiger partial charge >= 0.3 is 35.8 Å². The maximum Gasteiger partial charge on any atom is 0.342 e. The summed E-state index contributed by atoms with van der Waals surface area (Å²) in [7, 11) is 0. The van der Waals surface area contributed by atoms with Crippen LogP contribution in [0.3, 0.4) is 0 Å². The number of nitrogens with one attached hydrogen (secondary N) is 2. The number of amidine groups is 1. The Balaban J connectivity index is 0.00000361. The van der Waals surface area contributed by atoms with Crippen LogP contribution < -0.4 is 5.32 Å². The van der Waals surface area contributed by atoms with E-state index in [1.54, 1.807) is 19.9 Å². The second-order valence-corrected chi connectivity index (χ2v) is 37.1. The largest absolute Gasteiger partial charge is 0.481 e. The van der Waals surface area contributed by atoms with E-state index in [0.29, 0.717) is 104 Å². The van der Waals surface area contributed by atoms with Crippen LogP contribution in [0.4, 0.5) is 5.82 Å². The number of H-pyrrole nitrogens is 1. The van der Waals surface area contributed by atoms with Crippen molar-refractivity contribution in [2.45, 2.75) is 314 Å². The van der Waals surface area contributed by atoms with E-state index < -0.39 is 81.3 Å². The second kappa shape index (κ2) is 37.4. The van der Waals surface area contributed by atoms with Gasteiger partial charge in [0.15, 0.2) is 5.91 Å². The van der Waals surface area contributed by atoms with Crippen molar-refractivity contribution >= 4 is 77.1 Å². The molecule has 101 heavy (non-hydrogen) atoms. The number of allylic oxidation sites excluding steroid dienone is 1. The molecule has 18 nitrogen and oxygen atoms in total. The van der Waals surface area contributed by atoms with Crippen molar-refractivity contribution in [3.63, 3.8) is 0 Å². The first-order chi connectivity index (χ1) is 45.8. The molecule has 5 atom stereocenters. The van der Waals surface area contributed by atoms with Gasteiger partial charge in [-0.15, -0.1) is 11.8 Å². The fourth-order valence-corrected chi connectivity index (χ4v) is 15.8. The van der Waals surface area contributed by atoms with Crippen molar-refractivity contribution in [1.29, 1.82) is 0 Å². The van der Waals surface area contributed by atoms with Crippen LogP contribution in [0, 0.1) is 84.7 Å². The number of rotatable bonds is 30. The molecule has 2 heterocycles. The number of aliphatic imine (C=N–C) groups is 1. The molecular formula is C81H135N4O14SZn-. The van der Waals surface area contributed by atoms with Crippen LogP contribution in [0.25, 0.3) is 11.4 Å². The zero-order chi connectivity index (χ0) is 77.0. The number of hydrogen-bond acceptors (Lipinski definition) is 12. The Labute approximate surface area is 625 Å². The molecule has 2 fully saturated rings. The number of carboxylic acid groups (broad SMARTS) is 3. The number of aliphatic carboxylic acids is 3. The number of aromatic amines is 1. The monoisotopic (exact) mass is 1480 g/mol. The quantitative estimate of drug-likeness (QED) is 0.0207. The molecule has 0 bridgehead atoms. The molecule has 1 aliphatic heterocycles. The number of anilines is 1. The van der Waals surface area contributed by atoms with Crippen LogP contribution in [0.5, 0.6) is 0 Å². The number of carbonyl (C=O) groups is 8. The Morgan fingerprint density at radius 2 is 1.05 bits per heavy atom. The number of nitrogens with zero attached hydrogens (tertiary/aromatic N) is 2. The maximum absolute atomic E-state index is 15.9. The molecule has 2 aliphatic carbocycles. The average molecular weight is 1490 g/mol. The molecule has 0 radical (unpaired) electrons. The van der Waals surface area contributed by atoms with E-state index in [2.05, 4.69) is 107 Å². The number of ether oxygens (including phenoxy) is 3. The minimum atomic E-state index is -1.21. The van der Waals surface area contributed by atoms with Crippen LogP contribution in [0.1, 0.15) is 318 Å². The normalized spacial score (nSPS) is 22.2. The van der Waals surface area contributed by atoms with Crippen LogP contribution in [0.15, 0.2) is 21.8 Å². The molecular weight excluding hydrogens is 1350 g/mol. The Kier molecular flexibility index (Phi) is 34.2. The zero-order valence-electron chi connectivity index (χ0n) is 67.8. The minimum absolute atomic E-state index is 0. The molecule has 1 aromatic heterocycles. The van der Waals surface area contributed by atoms with Crippen molar-refractivity contribution in [2.24, 2.45) is 89.7 Å². The van der Waals surface area contributed by atoms with E-state index in [-0.39, 0.29) is 118 Å². The topological polar surface area (TPSA) is 279 Å². The van der Waals surface area contributed by atoms with Gasteiger partial charge in [0.1, 0.15) is 28.8 Å². The molecule has 2 amide bonds. The molecule has 0 spiro atoms. The summed E-state index contributed by atoms with van der Waals surface area (Å²) in [6, 6.07) is 0. The fourth-order valence-electron chi connectivity index (χ4n) is 14.8. The molecule has 5 unspecified atom stereocenters. The summed E-state index contributed by atoms with van der Waals surface area (Å²) in [5, 5.41) is 35.0. The predicted molar refractivity (Wildman–Crippen MR) is 404 cm³/mol. The molecule has 572 valence electrons. The SMILES string of the molecule is CCC(C)(C)C(=O)O.CCC(C)(C)C(=O)OCCCC(CC)(CC)C(=O)N=C1[N-]C(=Cc2[nH]c(NC(=O)C(CC)(CC)CCCSC(CC(=O)O)C(=O)O)c(C(=O)OC3C(C(C)(C)C)CC(C)CC3C(C)(C)C)c2C(C)C)C(C(C)C)=C1C(=O)OC1C(C(C)(C)C)CC(C)CC1C(C)(C)C.[Zn]. The van der Waals surface area contributed by atoms with Crippen LogP contribution in [0.2, 0.25) is 0 Å². The molecule has 3 aliphatic rings. The van der Waals surface area contributed by atoms with Gasteiger partial charge in [-0.05, 0) is 197 Å². The van der Waals surface area contributed by atoms with Crippen molar-refractivity contribution < 1.29 is 87.4 Å². The van der Waals surface area contributed by atoms with Gasteiger partial charge in [-0.3, -0.25) is 28.8 Å². The predicted octanol–water partition coefficient (Wildman–Crippen LogP) is 19.9. The Bertz CT molecular complexity index is 3050. The van der Waals surface area contributed by atoms with Crippen molar-refractivity contribution in [3.05, 3.63) is 39.0 Å². The summed E-state index contributed by atoms with van der Waals surface area (Å²) < 4.78 is 19.8.